The molecule has 134 valence electrons. The van der Waals surface area contributed by atoms with Crippen LogP contribution in [0.2, 0.25) is 5.02 Å². The molecule has 3 rings (SSSR count). The van der Waals surface area contributed by atoms with Crippen LogP contribution in [0.4, 0.5) is 5.82 Å². The summed E-state index contributed by atoms with van der Waals surface area (Å²) in [6, 6.07) is 8.12. The van der Waals surface area contributed by atoms with Crippen molar-refractivity contribution in [1.82, 2.24) is 19.7 Å². The monoisotopic (exact) mass is 435 g/mol. The van der Waals surface area contributed by atoms with E-state index in [1.807, 2.05) is 6.92 Å². The van der Waals surface area contributed by atoms with Crippen molar-refractivity contribution in [2.24, 2.45) is 0 Å². The lowest BCUT2D eigenvalue weighted by Gasteiger charge is -2.10. The Morgan fingerprint density at radius 2 is 2.12 bits per heavy atom. The van der Waals surface area contributed by atoms with E-state index < -0.39 is 5.91 Å². The van der Waals surface area contributed by atoms with Gasteiger partial charge in [-0.2, -0.15) is 9.78 Å². The number of carbonyl (C=O) groups is 1. The third-order valence-electron chi connectivity index (χ3n) is 3.59. The van der Waals surface area contributed by atoms with Crippen LogP contribution in [-0.4, -0.2) is 25.7 Å². The predicted molar refractivity (Wildman–Crippen MR) is 103 cm³/mol. The van der Waals surface area contributed by atoms with Crippen molar-refractivity contribution in [2.45, 2.75) is 20.3 Å². The van der Waals surface area contributed by atoms with E-state index in [-0.39, 0.29) is 11.5 Å². The van der Waals surface area contributed by atoms with Crippen LogP contribution in [0.5, 0.6) is 0 Å². The van der Waals surface area contributed by atoms with Gasteiger partial charge in [0.25, 0.3) is 11.5 Å². The number of hydrogen-bond donors (Lipinski definition) is 2. The molecule has 7 nitrogen and oxygen atoms in total. The first-order valence-electron chi connectivity index (χ1n) is 7.81. The van der Waals surface area contributed by atoms with E-state index in [0.29, 0.717) is 34.2 Å². The number of nitrogens with one attached hydrogen (secondary N) is 2. The van der Waals surface area contributed by atoms with Gasteiger partial charge in [0.05, 0.1) is 16.3 Å². The van der Waals surface area contributed by atoms with E-state index in [4.69, 9.17) is 11.6 Å². The summed E-state index contributed by atoms with van der Waals surface area (Å²) in [7, 11) is 0. The number of aromatic nitrogens is 4. The Labute approximate surface area is 162 Å². The van der Waals surface area contributed by atoms with Gasteiger partial charge >= 0.3 is 0 Å². The van der Waals surface area contributed by atoms with Crippen molar-refractivity contribution < 1.29 is 4.79 Å². The fraction of sp³-hybridized carbons (Fsp3) is 0.176. The van der Waals surface area contributed by atoms with Gasteiger partial charge in [0.15, 0.2) is 0 Å². The number of aromatic amines is 1. The Bertz CT molecular complexity index is 1040. The normalized spacial score (nSPS) is 10.8. The first kappa shape index (κ1) is 18.3. The van der Waals surface area contributed by atoms with Crippen molar-refractivity contribution in [3.05, 3.63) is 67.1 Å². The van der Waals surface area contributed by atoms with Crippen LogP contribution in [-0.2, 0) is 6.42 Å². The zero-order valence-corrected chi connectivity index (χ0v) is 16.3. The lowest BCUT2D eigenvalue weighted by molar-refractivity contribution is 0.102. The lowest BCUT2D eigenvalue weighted by Crippen LogP contribution is -2.19. The van der Waals surface area contributed by atoms with Crippen LogP contribution in [0, 0.1) is 6.92 Å². The van der Waals surface area contributed by atoms with Crippen LogP contribution in [0.1, 0.15) is 28.7 Å². The van der Waals surface area contributed by atoms with E-state index >= 15 is 0 Å². The Morgan fingerprint density at radius 3 is 2.85 bits per heavy atom. The number of H-pyrrole nitrogens is 1. The second kappa shape index (κ2) is 7.43. The highest BCUT2D eigenvalue weighted by Crippen LogP contribution is 2.23. The highest BCUT2D eigenvalue weighted by Gasteiger charge is 2.16. The summed E-state index contributed by atoms with van der Waals surface area (Å²) in [4.78, 5) is 31.5. The van der Waals surface area contributed by atoms with Crippen LogP contribution in [0.3, 0.4) is 0 Å². The van der Waals surface area contributed by atoms with Gasteiger partial charge in [-0.1, -0.05) is 34.5 Å². The van der Waals surface area contributed by atoms with Gasteiger partial charge in [0.1, 0.15) is 5.82 Å². The molecule has 0 unspecified atom stereocenters. The molecule has 0 fully saturated rings. The average molecular weight is 437 g/mol. The first-order valence-corrected chi connectivity index (χ1v) is 8.98. The summed E-state index contributed by atoms with van der Waals surface area (Å²) in [5, 5.41) is 7.40. The fourth-order valence-corrected chi connectivity index (χ4v) is 2.94. The maximum absolute atomic E-state index is 12.6. The minimum Gasteiger partial charge on any atom is -0.306 e. The molecular weight excluding hydrogens is 422 g/mol. The molecule has 0 atom stereocenters. The molecule has 0 aliphatic rings. The fourth-order valence-electron chi connectivity index (χ4n) is 2.38. The molecule has 9 heteroatoms. The average Bonchev–Trinajstić information content (AvgIpc) is 2.96. The van der Waals surface area contributed by atoms with Gasteiger partial charge < -0.3 is 5.32 Å². The predicted octanol–water partition coefficient (Wildman–Crippen LogP) is 3.49. The maximum atomic E-state index is 12.6. The topological polar surface area (TPSA) is 92.7 Å². The summed E-state index contributed by atoms with van der Waals surface area (Å²) in [6.07, 6.45) is 0.604. The third-order valence-corrected chi connectivity index (χ3v) is 4.41. The Kier molecular flexibility index (Phi) is 5.24. The van der Waals surface area contributed by atoms with Crippen molar-refractivity contribution in [1.29, 1.82) is 0 Å². The number of benzene rings is 1. The SMILES string of the molecule is CCc1cc(=O)[nH]c(-n2nc(C)cc2NC(=O)c2cc(Br)ccc2Cl)n1. The van der Waals surface area contributed by atoms with Gasteiger partial charge in [0, 0.05) is 22.3 Å². The zero-order chi connectivity index (χ0) is 18.8. The van der Waals surface area contributed by atoms with Gasteiger partial charge in [-0.3, -0.25) is 14.6 Å². The molecule has 0 saturated carbocycles. The standard InChI is InChI=1S/C17H15BrClN5O2/c1-3-11-8-15(25)22-17(20-11)24-14(6-9(2)23-24)21-16(26)12-7-10(18)4-5-13(12)19/h4-8H,3H2,1-2H3,(H,21,26)(H,20,22,25). The highest BCUT2D eigenvalue weighted by atomic mass is 79.9. The molecule has 0 bridgehead atoms. The minimum absolute atomic E-state index is 0.234. The molecule has 1 amide bonds. The summed E-state index contributed by atoms with van der Waals surface area (Å²) in [6.45, 7) is 3.68. The molecular formula is C17H15BrClN5O2. The summed E-state index contributed by atoms with van der Waals surface area (Å²) >= 11 is 9.44. The van der Waals surface area contributed by atoms with Crippen LogP contribution in [0.15, 0.2) is 39.6 Å². The second-order valence-corrected chi connectivity index (χ2v) is 6.90. The molecule has 3 aromatic rings. The van der Waals surface area contributed by atoms with Gasteiger partial charge in [-0.15, -0.1) is 0 Å². The first-order chi connectivity index (χ1) is 12.4. The lowest BCUT2D eigenvalue weighted by atomic mass is 10.2. The smallest absolute Gasteiger partial charge is 0.258 e. The molecule has 0 aliphatic carbocycles. The van der Waals surface area contributed by atoms with E-state index in [9.17, 15) is 9.59 Å². The quantitative estimate of drug-likeness (QED) is 0.655. The molecule has 0 spiro atoms. The number of carbonyl (C=O) groups excluding carboxylic acids is 1. The molecule has 2 aromatic heterocycles. The van der Waals surface area contributed by atoms with Gasteiger partial charge in [0.2, 0.25) is 5.95 Å². The van der Waals surface area contributed by atoms with Crippen LogP contribution < -0.4 is 10.9 Å². The van der Waals surface area contributed by atoms with Gasteiger partial charge in [-0.05, 0) is 31.5 Å². The number of halogens is 2. The van der Waals surface area contributed by atoms with Crippen molar-refractivity contribution in [2.75, 3.05) is 5.32 Å². The molecule has 0 saturated heterocycles. The zero-order valence-electron chi connectivity index (χ0n) is 14.0. The summed E-state index contributed by atoms with van der Waals surface area (Å²) in [5.41, 5.74) is 1.32. The Balaban J connectivity index is 2.00. The Hall–Kier alpha value is -2.45. The van der Waals surface area contributed by atoms with Crippen LogP contribution in [0.25, 0.3) is 5.95 Å². The second-order valence-electron chi connectivity index (χ2n) is 5.57. The number of amides is 1. The summed E-state index contributed by atoms with van der Waals surface area (Å²) < 4.78 is 2.12. The number of anilines is 1. The number of nitrogens with zero attached hydrogens (tertiary/aromatic N) is 3. The van der Waals surface area contributed by atoms with E-state index in [2.05, 4.69) is 36.3 Å². The van der Waals surface area contributed by atoms with Crippen molar-refractivity contribution in [3.63, 3.8) is 0 Å². The largest absolute Gasteiger partial charge is 0.306 e. The number of aryl methyl sites for hydroxylation is 2. The maximum Gasteiger partial charge on any atom is 0.258 e. The molecule has 26 heavy (non-hydrogen) atoms. The van der Waals surface area contributed by atoms with E-state index in [0.717, 1.165) is 4.47 Å². The van der Waals surface area contributed by atoms with Crippen molar-refractivity contribution in [3.8, 4) is 5.95 Å². The van der Waals surface area contributed by atoms with Gasteiger partial charge in [-0.25, -0.2) is 4.98 Å². The molecule has 1 aromatic carbocycles. The van der Waals surface area contributed by atoms with E-state index in [1.165, 1.54) is 10.7 Å². The Morgan fingerprint density at radius 1 is 1.35 bits per heavy atom. The minimum atomic E-state index is -0.397. The molecule has 0 aliphatic heterocycles. The molecule has 2 heterocycles. The summed E-state index contributed by atoms with van der Waals surface area (Å²) in [5.74, 6) is 0.212. The van der Waals surface area contributed by atoms with Crippen molar-refractivity contribution >= 4 is 39.3 Å². The molecule has 0 radical (unpaired) electrons. The number of rotatable bonds is 4. The molecule has 2 N–H and O–H groups in total. The number of hydrogen-bond acceptors (Lipinski definition) is 4. The third kappa shape index (κ3) is 3.86. The highest BCUT2D eigenvalue weighted by molar-refractivity contribution is 9.10. The van der Waals surface area contributed by atoms with Crippen LogP contribution >= 0.6 is 27.5 Å². The van der Waals surface area contributed by atoms with E-state index in [1.54, 1.807) is 31.2 Å².